The van der Waals surface area contributed by atoms with E-state index in [2.05, 4.69) is 38.4 Å². The van der Waals surface area contributed by atoms with E-state index < -0.39 is 0 Å². The zero-order chi connectivity index (χ0) is 32.7. The number of aromatic nitrogens is 4. The summed E-state index contributed by atoms with van der Waals surface area (Å²) >= 11 is 0. The third-order valence-corrected chi connectivity index (χ3v) is 11.4. The molecule has 2 amide bonds. The lowest BCUT2D eigenvalue weighted by molar-refractivity contribution is -0.134. The van der Waals surface area contributed by atoms with Gasteiger partial charge in [-0.3, -0.25) is 14.6 Å². The molecule has 10 heteroatoms. The summed E-state index contributed by atoms with van der Waals surface area (Å²) in [5, 5.41) is 1.18. The number of hydrogen-bond donors (Lipinski definition) is 1. The molecule has 0 radical (unpaired) electrons. The molecule has 3 atom stereocenters. The number of nitrogens with two attached hydrogens (primary N) is 1. The maximum absolute atomic E-state index is 13.8. The molecule has 9 rings (SSSR count). The Labute approximate surface area is 279 Å². The van der Waals surface area contributed by atoms with Gasteiger partial charge in [0.25, 0.3) is 5.91 Å². The Hall–Kier alpha value is -4.70. The summed E-state index contributed by atoms with van der Waals surface area (Å²) < 4.78 is 10.5. The quantitative estimate of drug-likeness (QED) is 0.262. The maximum Gasteiger partial charge on any atom is 0.254 e. The molecule has 2 N–H and O–H groups in total. The molecular weight excluding hydrogens is 602 g/mol. The van der Waals surface area contributed by atoms with Gasteiger partial charge in [0.2, 0.25) is 5.91 Å². The number of fused-ring (bicyclic) bond motifs is 4. The highest BCUT2D eigenvalue weighted by molar-refractivity contribution is 6.00. The lowest BCUT2D eigenvalue weighted by Gasteiger charge is -2.40. The Morgan fingerprint density at radius 2 is 1.85 bits per heavy atom. The number of ether oxygens (including phenoxy) is 1. The molecule has 4 aliphatic rings. The number of methoxy groups -OCH3 is 1. The Morgan fingerprint density at radius 1 is 1.00 bits per heavy atom. The van der Waals surface area contributed by atoms with Crippen molar-refractivity contribution in [2.75, 3.05) is 26.7 Å². The second-order valence-corrected chi connectivity index (χ2v) is 14.4. The summed E-state index contributed by atoms with van der Waals surface area (Å²) in [5.74, 6) is 2.94. The number of piperidine rings is 1. The van der Waals surface area contributed by atoms with E-state index in [0.29, 0.717) is 42.7 Å². The van der Waals surface area contributed by atoms with E-state index in [1.807, 2.05) is 41.1 Å². The number of amides is 2. The highest BCUT2D eigenvalue weighted by Crippen LogP contribution is 2.42. The third kappa shape index (κ3) is 4.71. The Kier molecular flexibility index (Phi) is 6.86. The van der Waals surface area contributed by atoms with Crippen LogP contribution in [0.25, 0.3) is 33.5 Å². The van der Waals surface area contributed by atoms with Crippen molar-refractivity contribution in [3.8, 4) is 17.3 Å². The molecule has 5 heterocycles. The smallest absolute Gasteiger partial charge is 0.254 e. The molecule has 5 aromatic rings. The summed E-state index contributed by atoms with van der Waals surface area (Å²) in [6.45, 7) is 3.07. The molecule has 48 heavy (non-hydrogen) atoms. The minimum atomic E-state index is 0.00556. The first-order valence-electron chi connectivity index (χ1n) is 17.3. The van der Waals surface area contributed by atoms with Crippen molar-refractivity contribution in [2.24, 2.45) is 24.6 Å². The first kappa shape index (κ1) is 29.4. The fraction of sp³-hybridized carbons (Fsp3) is 0.421. The number of pyridine rings is 1. The van der Waals surface area contributed by atoms with E-state index in [1.165, 1.54) is 29.3 Å². The number of nitrogens with zero attached hydrogens (tertiary/aromatic N) is 6. The molecule has 2 aromatic carbocycles. The lowest BCUT2D eigenvalue weighted by Crippen LogP contribution is -2.49. The van der Waals surface area contributed by atoms with Crippen LogP contribution in [0.4, 0.5) is 0 Å². The molecule has 2 aliphatic carbocycles. The molecule has 4 fully saturated rings. The third-order valence-electron chi connectivity index (χ3n) is 11.4. The van der Waals surface area contributed by atoms with Crippen molar-refractivity contribution in [3.63, 3.8) is 0 Å². The lowest BCUT2D eigenvalue weighted by atomic mass is 9.89. The molecule has 2 aliphatic heterocycles. The van der Waals surface area contributed by atoms with E-state index in [1.54, 1.807) is 19.5 Å². The van der Waals surface area contributed by atoms with Gasteiger partial charge in [-0.15, -0.1) is 0 Å². The van der Waals surface area contributed by atoms with Crippen molar-refractivity contribution in [1.29, 1.82) is 0 Å². The average Bonchev–Trinajstić information content (AvgIpc) is 3.46. The molecule has 2 bridgehead atoms. The van der Waals surface area contributed by atoms with Crippen LogP contribution in [-0.4, -0.2) is 79.5 Å². The largest absolute Gasteiger partial charge is 0.494 e. The molecule has 10 nitrogen and oxygen atoms in total. The Morgan fingerprint density at radius 3 is 2.56 bits per heavy atom. The summed E-state index contributed by atoms with van der Waals surface area (Å²) in [4.78, 5) is 40.1. The monoisotopic (exact) mass is 643 g/mol. The number of aryl methyl sites for hydroxylation is 1. The van der Waals surface area contributed by atoms with Crippen molar-refractivity contribution in [3.05, 3.63) is 77.6 Å². The zero-order valence-electron chi connectivity index (χ0n) is 27.5. The highest BCUT2D eigenvalue weighted by Gasteiger charge is 2.47. The number of rotatable bonds is 8. The van der Waals surface area contributed by atoms with E-state index >= 15 is 0 Å². The van der Waals surface area contributed by atoms with Gasteiger partial charge in [0.05, 0.1) is 30.3 Å². The molecule has 2 saturated carbocycles. The number of para-hydroxylation sites is 1. The van der Waals surface area contributed by atoms with Crippen LogP contribution >= 0.6 is 0 Å². The van der Waals surface area contributed by atoms with Crippen LogP contribution in [0.1, 0.15) is 53.1 Å². The van der Waals surface area contributed by atoms with Gasteiger partial charge in [0, 0.05) is 74.6 Å². The molecule has 0 unspecified atom stereocenters. The van der Waals surface area contributed by atoms with Gasteiger partial charge in [-0.25, -0.2) is 4.98 Å². The van der Waals surface area contributed by atoms with Gasteiger partial charge >= 0.3 is 0 Å². The van der Waals surface area contributed by atoms with Crippen molar-refractivity contribution in [1.82, 2.24) is 28.9 Å². The van der Waals surface area contributed by atoms with Gasteiger partial charge in [-0.05, 0) is 72.9 Å². The maximum atomic E-state index is 13.8. The van der Waals surface area contributed by atoms with E-state index in [-0.39, 0.29) is 29.8 Å². The summed E-state index contributed by atoms with van der Waals surface area (Å²) in [7, 11) is 3.69. The first-order valence-corrected chi connectivity index (χ1v) is 17.3. The van der Waals surface area contributed by atoms with Gasteiger partial charge in [-0.1, -0.05) is 24.3 Å². The number of benzene rings is 2. The van der Waals surface area contributed by atoms with Gasteiger partial charge < -0.3 is 29.4 Å². The SMILES string of the molecule is COc1cc(C(=O)N2C[C@H]3CC[C@@H]2[C@@H]3N)cc2nc(-c3cc4cccc(C5CN(C(=O)Cc6cccnc6)C5)c4n3CC3CC3)n(C)c12. The van der Waals surface area contributed by atoms with Crippen LogP contribution in [0.15, 0.2) is 60.9 Å². The Balaban J connectivity index is 1.07. The van der Waals surface area contributed by atoms with Gasteiger partial charge in [0.15, 0.2) is 5.82 Å². The second-order valence-electron chi connectivity index (χ2n) is 14.4. The highest BCUT2D eigenvalue weighted by atomic mass is 16.5. The van der Waals surface area contributed by atoms with Crippen LogP contribution in [0, 0.1) is 11.8 Å². The average molecular weight is 644 g/mol. The summed E-state index contributed by atoms with van der Waals surface area (Å²) in [6, 6.07) is 16.6. The first-order chi connectivity index (χ1) is 23.4. The molecular formula is C38H41N7O3. The molecule has 3 aromatic heterocycles. The minimum absolute atomic E-state index is 0.00556. The number of hydrogen-bond acceptors (Lipinski definition) is 6. The van der Waals surface area contributed by atoms with Crippen LogP contribution in [0.5, 0.6) is 5.75 Å². The van der Waals surface area contributed by atoms with E-state index in [0.717, 1.165) is 54.0 Å². The number of carbonyl (C=O) groups excluding carboxylic acids is 2. The van der Waals surface area contributed by atoms with Crippen molar-refractivity contribution in [2.45, 2.75) is 56.7 Å². The predicted octanol–water partition coefficient (Wildman–Crippen LogP) is 4.74. The second kappa shape index (κ2) is 11.2. The van der Waals surface area contributed by atoms with Crippen LogP contribution in [0.3, 0.4) is 0 Å². The zero-order valence-corrected chi connectivity index (χ0v) is 27.5. The van der Waals surface area contributed by atoms with Crippen molar-refractivity contribution >= 4 is 33.8 Å². The van der Waals surface area contributed by atoms with Crippen LogP contribution in [-0.2, 0) is 24.8 Å². The molecule has 0 spiro atoms. The number of carbonyl (C=O) groups is 2. The molecule has 246 valence electrons. The summed E-state index contributed by atoms with van der Waals surface area (Å²) in [6.07, 6.45) is 8.40. The Bertz CT molecular complexity index is 2070. The fourth-order valence-corrected chi connectivity index (χ4v) is 8.55. The number of likely N-dealkylation sites (tertiary alicyclic amines) is 2. The van der Waals surface area contributed by atoms with E-state index in [9.17, 15) is 9.59 Å². The predicted molar refractivity (Wildman–Crippen MR) is 184 cm³/mol. The van der Waals surface area contributed by atoms with Crippen LogP contribution in [0.2, 0.25) is 0 Å². The normalized spacial score (nSPS) is 22.2. The van der Waals surface area contributed by atoms with Gasteiger partial charge in [0.1, 0.15) is 11.3 Å². The summed E-state index contributed by atoms with van der Waals surface area (Å²) in [5.41, 5.74) is 13.2. The standard InChI is InChI=1S/C38H41N7O3/c1-42-36-29(14-26(16-32(36)48-2)38(47)45-21-25-10-11-30(45)34(25)39)41-37(42)31-15-24-6-3-7-28(35(24)44(31)18-22-8-9-22)27-19-43(20-27)33(46)13-23-5-4-12-40-17-23/h3-7,12,14-17,22,25,27,30,34H,8-11,13,18-21,39H2,1-2H3/t25-,30-,34-/m1/s1. The molecule has 2 saturated heterocycles. The fourth-order valence-electron chi connectivity index (χ4n) is 8.55. The number of imidazole rings is 1. The van der Waals surface area contributed by atoms with E-state index in [4.69, 9.17) is 15.5 Å². The topological polar surface area (TPSA) is 112 Å². The van der Waals surface area contributed by atoms with Crippen molar-refractivity contribution < 1.29 is 14.3 Å². The van der Waals surface area contributed by atoms with Crippen LogP contribution < -0.4 is 10.5 Å². The van der Waals surface area contributed by atoms with Gasteiger partial charge in [-0.2, -0.15) is 0 Å². The minimum Gasteiger partial charge on any atom is -0.494 e.